The van der Waals surface area contributed by atoms with E-state index < -0.39 is 9.84 Å². The van der Waals surface area contributed by atoms with Gasteiger partial charge in [0.2, 0.25) is 0 Å². The third-order valence-corrected chi connectivity index (χ3v) is 8.77. The monoisotopic (exact) mass is 451 g/mol. The van der Waals surface area contributed by atoms with Gasteiger partial charge in [0, 0.05) is 26.9 Å². The number of thiophene rings is 1. The number of amides is 1. The van der Waals surface area contributed by atoms with Crippen molar-refractivity contribution in [1.82, 2.24) is 4.90 Å². The van der Waals surface area contributed by atoms with Crippen LogP contribution in [0.15, 0.2) is 28.0 Å². The molecule has 1 amide bonds. The fourth-order valence-corrected chi connectivity index (χ4v) is 6.58. The molecular formula is C21H22ClNO4S2. The Labute approximate surface area is 179 Å². The summed E-state index contributed by atoms with van der Waals surface area (Å²) in [7, 11) is -3.13. The molecule has 1 saturated heterocycles. The van der Waals surface area contributed by atoms with Gasteiger partial charge in [-0.15, -0.1) is 11.3 Å². The van der Waals surface area contributed by atoms with E-state index in [0.29, 0.717) is 23.6 Å². The van der Waals surface area contributed by atoms with Gasteiger partial charge < -0.3 is 9.32 Å². The highest BCUT2D eigenvalue weighted by Crippen LogP contribution is 2.33. The van der Waals surface area contributed by atoms with Crippen LogP contribution in [-0.4, -0.2) is 36.8 Å². The molecule has 0 N–H and O–H groups in total. The second-order valence-corrected chi connectivity index (χ2v) is 11.3. The van der Waals surface area contributed by atoms with Gasteiger partial charge in [0.1, 0.15) is 5.58 Å². The summed E-state index contributed by atoms with van der Waals surface area (Å²) < 4.78 is 30.1. The smallest absolute Gasteiger partial charge is 0.290 e. The predicted octanol–water partition coefficient (Wildman–Crippen LogP) is 4.90. The van der Waals surface area contributed by atoms with Gasteiger partial charge in [0.05, 0.1) is 18.1 Å². The highest BCUT2D eigenvalue weighted by atomic mass is 35.5. The molecule has 0 spiro atoms. The molecule has 0 saturated carbocycles. The Bertz CT molecular complexity index is 1210. The Morgan fingerprint density at radius 3 is 2.66 bits per heavy atom. The average Bonchev–Trinajstić information content (AvgIpc) is 3.31. The van der Waals surface area contributed by atoms with E-state index in [-0.39, 0.29) is 29.2 Å². The summed E-state index contributed by atoms with van der Waals surface area (Å²) in [5, 5.41) is 3.40. The number of sulfone groups is 1. The fourth-order valence-electron chi connectivity index (χ4n) is 3.78. The molecule has 0 radical (unpaired) electrons. The molecule has 1 aromatic carbocycles. The molecular weight excluding hydrogens is 430 g/mol. The predicted molar refractivity (Wildman–Crippen MR) is 117 cm³/mol. The van der Waals surface area contributed by atoms with E-state index in [9.17, 15) is 13.2 Å². The van der Waals surface area contributed by atoms with E-state index >= 15 is 0 Å². The zero-order valence-electron chi connectivity index (χ0n) is 16.5. The van der Waals surface area contributed by atoms with Gasteiger partial charge in [-0.3, -0.25) is 4.79 Å². The van der Waals surface area contributed by atoms with Crippen LogP contribution in [0.4, 0.5) is 0 Å². The normalized spacial score (nSPS) is 18.4. The van der Waals surface area contributed by atoms with Crippen LogP contribution in [0.3, 0.4) is 0 Å². The van der Waals surface area contributed by atoms with Gasteiger partial charge in [0.15, 0.2) is 15.6 Å². The minimum absolute atomic E-state index is 0.00657. The van der Waals surface area contributed by atoms with E-state index in [1.807, 2.05) is 44.4 Å². The Balaban J connectivity index is 1.76. The number of aryl methyl sites for hydroxylation is 3. The van der Waals surface area contributed by atoms with Gasteiger partial charge in [-0.25, -0.2) is 8.42 Å². The second kappa shape index (κ2) is 7.45. The molecule has 0 aliphatic carbocycles. The largest absolute Gasteiger partial charge is 0.451 e. The topological polar surface area (TPSA) is 67.6 Å². The molecule has 5 nitrogen and oxygen atoms in total. The first-order valence-electron chi connectivity index (χ1n) is 9.40. The molecule has 0 unspecified atom stereocenters. The number of carbonyl (C=O) groups excluding carboxylic acids is 1. The summed E-state index contributed by atoms with van der Waals surface area (Å²) in [6.07, 6.45) is 0.447. The molecule has 3 heterocycles. The summed E-state index contributed by atoms with van der Waals surface area (Å²) in [6, 6.07) is 5.29. The van der Waals surface area contributed by atoms with E-state index in [1.165, 1.54) is 0 Å². The maximum Gasteiger partial charge on any atom is 0.290 e. The van der Waals surface area contributed by atoms with Crippen molar-refractivity contribution in [3.05, 3.63) is 55.9 Å². The van der Waals surface area contributed by atoms with Gasteiger partial charge in [0.25, 0.3) is 5.91 Å². The number of furan rings is 1. The number of hydrogen-bond donors (Lipinski definition) is 0. The number of carbonyl (C=O) groups is 1. The maximum absolute atomic E-state index is 13.5. The van der Waals surface area contributed by atoms with E-state index in [4.69, 9.17) is 16.0 Å². The van der Waals surface area contributed by atoms with Crippen molar-refractivity contribution in [1.29, 1.82) is 0 Å². The summed E-state index contributed by atoms with van der Waals surface area (Å²) in [5.41, 5.74) is 3.30. The number of hydrogen-bond acceptors (Lipinski definition) is 5. The van der Waals surface area contributed by atoms with Gasteiger partial charge in [-0.1, -0.05) is 11.6 Å². The van der Waals surface area contributed by atoms with Crippen LogP contribution >= 0.6 is 22.9 Å². The zero-order chi connectivity index (χ0) is 20.9. The van der Waals surface area contributed by atoms with E-state index in [0.717, 1.165) is 27.0 Å². The van der Waals surface area contributed by atoms with Crippen LogP contribution in [0.2, 0.25) is 5.02 Å². The van der Waals surface area contributed by atoms with Gasteiger partial charge in [-0.05, 0) is 61.9 Å². The molecule has 1 fully saturated rings. The highest BCUT2D eigenvalue weighted by Gasteiger charge is 2.37. The van der Waals surface area contributed by atoms with E-state index in [2.05, 4.69) is 0 Å². The maximum atomic E-state index is 13.5. The quantitative estimate of drug-likeness (QED) is 0.565. The summed E-state index contributed by atoms with van der Waals surface area (Å²) >= 11 is 7.83. The third kappa shape index (κ3) is 3.83. The van der Waals surface area contributed by atoms with Crippen molar-refractivity contribution in [3.63, 3.8) is 0 Å². The molecule has 0 bridgehead atoms. The molecule has 29 heavy (non-hydrogen) atoms. The molecule has 4 rings (SSSR count). The van der Waals surface area contributed by atoms with E-state index in [1.54, 1.807) is 16.2 Å². The molecule has 2 aromatic heterocycles. The zero-order valence-corrected chi connectivity index (χ0v) is 18.9. The number of halogens is 1. The van der Waals surface area contributed by atoms with Gasteiger partial charge >= 0.3 is 0 Å². The molecule has 1 atom stereocenters. The van der Waals surface area contributed by atoms with Gasteiger partial charge in [-0.2, -0.15) is 0 Å². The van der Waals surface area contributed by atoms with Crippen LogP contribution in [0.25, 0.3) is 11.0 Å². The van der Waals surface area contributed by atoms with Crippen LogP contribution in [0.5, 0.6) is 0 Å². The lowest BCUT2D eigenvalue weighted by Gasteiger charge is -2.27. The van der Waals surface area contributed by atoms with Crippen LogP contribution < -0.4 is 0 Å². The first-order chi connectivity index (χ1) is 13.7. The lowest BCUT2D eigenvalue weighted by Crippen LogP contribution is -2.40. The summed E-state index contributed by atoms with van der Waals surface area (Å²) in [6.45, 7) is 6.09. The number of rotatable bonds is 4. The average molecular weight is 452 g/mol. The molecule has 1 aliphatic heterocycles. The van der Waals surface area contributed by atoms with Crippen molar-refractivity contribution in [2.24, 2.45) is 0 Å². The first kappa shape index (κ1) is 20.4. The van der Waals surface area contributed by atoms with Crippen molar-refractivity contribution in [3.8, 4) is 0 Å². The Morgan fingerprint density at radius 1 is 1.28 bits per heavy atom. The Kier molecular flexibility index (Phi) is 5.25. The molecule has 154 valence electrons. The van der Waals surface area contributed by atoms with Crippen LogP contribution in [0.1, 0.15) is 38.5 Å². The second-order valence-electron chi connectivity index (χ2n) is 7.67. The van der Waals surface area contributed by atoms with Crippen molar-refractivity contribution < 1.29 is 17.6 Å². The summed E-state index contributed by atoms with van der Waals surface area (Å²) in [4.78, 5) is 16.3. The minimum Gasteiger partial charge on any atom is -0.451 e. The number of nitrogens with zero attached hydrogens (tertiary/aromatic N) is 1. The molecule has 8 heteroatoms. The lowest BCUT2D eigenvalue weighted by molar-refractivity contribution is 0.0651. The van der Waals surface area contributed by atoms with Crippen molar-refractivity contribution >= 4 is 49.7 Å². The fraction of sp³-hybridized carbons (Fsp3) is 0.381. The minimum atomic E-state index is -3.13. The SMILES string of the molecule is Cc1cc2oc(C(=O)N(Cc3sccc3C)[C@H]3CCS(=O)(=O)C3)c(C)c2cc1Cl. The number of benzene rings is 1. The Hall–Kier alpha value is -1.83. The highest BCUT2D eigenvalue weighted by molar-refractivity contribution is 7.91. The Morgan fingerprint density at radius 2 is 2.03 bits per heavy atom. The van der Waals surface area contributed by atoms with Crippen molar-refractivity contribution in [2.75, 3.05) is 11.5 Å². The molecule has 1 aliphatic rings. The third-order valence-electron chi connectivity index (χ3n) is 5.60. The van der Waals surface area contributed by atoms with Crippen molar-refractivity contribution in [2.45, 2.75) is 39.8 Å². The number of fused-ring (bicyclic) bond motifs is 1. The molecule has 3 aromatic rings. The lowest BCUT2D eigenvalue weighted by atomic mass is 10.1. The van der Waals surface area contributed by atoms with Crippen LogP contribution in [0, 0.1) is 20.8 Å². The first-order valence-corrected chi connectivity index (χ1v) is 12.5. The van der Waals surface area contributed by atoms with Crippen LogP contribution in [-0.2, 0) is 16.4 Å². The summed E-state index contributed by atoms with van der Waals surface area (Å²) in [5.74, 6) is 0.0779. The standard InChI is InChI=1S/C21H22ClNO4S2/c1-12-4-6-28-19(12)10-23(15-5-7-29(25,26)11-15)21(24)20-14(3)16-9-17(22)13(2)8-18(16)27-20/h4,6,8-9,15H,5,7,10-11H2,1-3H3/t15-/m0/s1.